The van der Waals surface area contributed by atoms with E-state index in [1.807, 2.05) is 23.1 Å². The number of para-hydroxylation sites is 2. The lowest BCUT2D eigenvalue weighted by molar-refractivity contribution is -0.135. The van der Waals surface area contributed by atoms with Crippen LogP contribution >= 0.6 is 23.2 Å². The number of anilines is 1. The van der Waals surface area contributed by atoms with Gasteiger partial charge < -0.3 is 15.0 Å². The molecule has 0 bridgehead atoms. The van der Waals surface area contributed by atoms with Crippen molar-refractivity contribution in [1.82, 2.24) is 9.88 Å². The molecule has 0 unspecified atom stereocenters. The van der Waals surface area contributed by atoms with E-state index in [2.05, 4.69) is 24.1 Å². The van der Waals surface area contributed by atoms with Crippen molar-refractivity contribution in [1.29, 1.82) is 0 Å². The second kappa shape index (κ2) is 8.81. The molecule has 7 heteroatoms. The van der Waals surface area contributed by atoms with Crippen molar-refractivity contribution >= 4 is 34.8 Å². The van der Waals surface area contributed by atoms with Crippen LogP contribution in [0.1, 0.15) is 33.1 Å². The molecule has 1 N–H and O–H groups in total. The number of likely N-dealkylation sites (tertiary alicyclic amines) is 1. The highest BCUT2D eigenvalue weighted by atomic mass is 35.5. The lowest BCUT2D eigenvalue weighted by Gasteiger charge is -2.39. The Balaban J connectivity index is 1.70. The van der Waals surface area contributed by atoms with Crippen molar-refractivity contribution in [2.75, 3.05) is 11.9 Å². The van der Waals surface area contributed by atoms with Crippen LogP contribution < -0.4 is 10.1 Å². The van der Waals surface area contributed by atoms with Crippen LogP contribution in [0.25, 0.3) is 0 Å². The van der Waals surface area contributed by atoms with Crippen molar-refractivity contribution in [2.45, 2.75) is 45.2 Å². The van der Waals surface area contributed by atoms with Crippen LogP contribution in [-0.2, 0) is 4.79 Å². The maximum atomic E-state index is 12.7. The van der Waals surface area contributed by atoms with Crippen LogP contribution in [0.2, 0.25) is 10.0 Å². The molecule has 2 heterocycles. The third kappa shape index (κ3) is 4.85. The summed E-state index contributed by atoms with van der Waals surface area (Å²) in [6, 6.07) is 9.49. The Morgan fingerprint density at radius 3 is 2.67 bits per heavy atom. The lowest BCUT2D eigenvalue weighted by atomic mass is 9.97. The fourth-order valence-electron chi connectivity index (χ4n) is 3.46. The van der Waals surface area contributed by atoms with Crippen molar-refractivity contribution in [3.05, 3.63) is 46.6 Å². The molecule has 144 valence electrons. The van der Waals surface area contributed by atoms with Gasteiger partial charge in [-0.15, -0.1) is 0 Å². The predicted octanol–water partition coefficient (Wildman–Crippen LogP) is 5.38. The molecule has 1 aromatic heterocycles. The molecule has 0 radical (unpaired) electrons. The summed E-state index contributed by atoms with van der Waals surface area (Å²) in [5, 5.41) is 3.95. The third-order valence-electron chi connectivity index (χ3n) is 4.78. The number of nitrogens with zero attached hydrogens (tertiary/aromatic N) is 2. The van der Waals surface area contributed by atoms with Gasteiger partial charge >= 0.3 is 0 Å². The predicted molar refractivity (Wildman–Crippen MR) is 109 cm³/mol. The summed E-state index contributed by atoms with van der Waals surface area (Å²) in [7, 11) is 0. The molecule has 1 amide bonds. The number of amides is 1. The molecule has 1 saturated heterocycles. The van der Waals surface area contributed by atoms with E-state index in [4.69, 9.17) is 27.9 Å². The van der Waals surface area contributed by atoms with Crippen LogP contribution in [0, 0.1) is 0 Å². The average Bonchev–Trinajstić information content (AvgIpc) is 2.63. The normalized spacial score (nSPS) is 19.6. The first-order valence-corrected chi connectivity index (χ1v) is 9.84. The molecule has 5 nitrogen and oxygen atoms in total. The molecule has 2 aromatic rings. The number of ether oxygens (including phenoxy) is 1. The minimum Gasteiger partial charge on any atom is -0.435 e. The first-order valence-electron chi connectivity index (χ1n) is 9.08. The summed E-state index contributed by atoms with van der Waals surface area (Å²) in [5.74, 6) is 0.897. The Hall–Kier alpha value is -1.98. The number of benzene rings is 1. The Morgan fingerprint density at radius 1 is 1.26 bits per heavy atom. The number of halogens is 2. The zero-order valence-corrected chi connectivity index (χ0v) is 16.9. The number of carbonyl (C=O) groups excluding carboxylic acids is 1. The van der Waals surface area contributed by atoms with Gasteiger partial charge in [0.15, 0.2) is 5.75 Å². The van der Waals surface area contributed by atoms with Gasteiger partial charge in [0.05, 0.1) is 17.3 Å². The fourth-order valence-corrected chi connectivity index (χ4v) is 3.88. The first kappa shape index (κ1) is 19.8. The topological polar surface area (TPSA) is 54.5 Å². The SMILES string of the molecule is C[C@H]1CCC[C@H](C)N1C(=O)CNc1ccccc1Oc1ncc(Cl)cc1Cl. The summed E-state index contributed by atoms with van der Waals surface area (Å²) in [4.78, 5) is 18.8. The summed E-state index contributed by atoms with van der Waals surface area (Å²) in [5.41, 5.74) is 0.705. The number of piperidine rings is 1. The van der Waals surface area contributed by atoms with E-state index in [1.165, 1.54) is 12.6 Å². The number of pyridine rings is 1. The second-order valence-electron chi connectivity index (χ2n) is 6.82. The number of hydrogen-bond acceptors (Lipinski definition) is 4. The van der Waals surface area contributed by atoms with Crippen molar-refractivity contribution < 1.29 is 9.53 Å². The van der Waals surface area contributed by atoms with Gasteiger partial charge in [-0.05, 0) is 51.3 Å². The van der Waals surface area contributed by atoms with Crippen LogP contribution in [-0.4, -0.2) is 34.4 Å². The van der Waals surface area contributed by atoms with Crippen LogP contribution in [0.3, 0.4) is 0 Å². The number of rotatable bonds is 5. The Kier molecular flexibility index (Phi) is 6.45. The molecule has 1 fully saturated rings. The first-order chi connectivity index (χ1) is 13.0. The fraction of sp³-hybridized carbons (Fsp3) is 0.400. The van der Waals surface area contributed by atoms with E-state index in [1.54, 1.807) is 12.1 Å². The molecule has 0 spiro atoms. The number of nitrogens with one attached hydrogen (secondary N) is 1. The minimum absolute atomic E-state index is 0.0900. The molecule has 2 atom stereocenters. The van der Waals surface area contributed by atoms with E-state index < -0.39 is 0 Å². The van der Waals surface area contributed by atoms with E-state index >= 15 is 0 Å². The quantitative estimate of drug-likeness (QED) is 0.722. The highest BCUT2D eigenvalue weighted by molar-refractivity contribution is 6.35. The standard InChI is InChI=1S/C20H23Cl2N3O2/c1-13-6-5-7-14(2)25(13)19(26)12-23-17-8-3-4-9-18(17)27-20-16(22)10-15(21)11-24-20/h3-4,8-11,13-14,23H,5-7,12H2,1-2H3/t13-,14-/m0/s1. The lowest BCUT2D eigenvalue weighted by Crippen LogP contribution is -2.49. The highest BCUT2D eigenvalue weighted by Gasteiger charge is 2.28. The molecule has 0 saturated carbocycles. The summed E-state index contributed by atoms with van der Waals surface area (Å²) in [6.45, 7) is 4.43. The molecule has 27 heavy (non-hydrogen) atoms. The van der Waals surface area contributed by atoms with Crippen molar-refractivity contribution in [3.63, 3.8) is 0 Å². The number of aromatic nitrogens is 1. The van der Waals surface area contributed by atoms with Crippen LogP contribution in [0.5, 0.6) is 11.6 Å². The highest BCUT2D eigenvalue weighted by Crippen LogP contribution is 2.33. The number of carbonyl (C=O) groups is 1. The van der Waals surface area contributed by atoms with Gasteiger partial charge in [-0.1, -0.05) is 35.3 Å². The Morgan fingerprint density at radius 2 is 1.96 bits per heavy atom. The van der Waals surface area contributed by atoms with Gasteiger partial charge in [-0.3, -0.25) is 4.79 Å². The van der Waals surface area contributed by atoms with Crippen molar-refractivity contribution in [3.8, 4) is 11.6 Å². The number of hydrogen-bond donors (Lipinski definition) is 1. The van der Waals surface area contributed by atoms with Gasteiger partial charge in [-0.25, -0.2) is 4.98 Å². The molecular formula is C20H23Cl2N3O2. The zero-order valence-electron chi connectivity index (χ0n) is 15.4. The van der Waals surface area contributed by atoms with E-state index in [0.717, 1.165) is 12.8 Å². The molecule has 3 rings (SSSR count). The van der Waals surface area contributed by atoms with E-state index in [9.17, 15) is 4.79 Å². The maximum absolute atomic E-state index is 12.7. The van der Waals surface area contributed by atoms with Crippen LogP contribution in [0.15, 0.2) is 36.5 Å². The summed E-state index contributed by atoms with van der Waals surface area (Å²) >= 11 is 12.0. The molecule has 1 aromatic carbocycles. The van der Waals surface area contributed by atoms with Gasteiger partial charge in [0, 0.05) is 18.3 Å². The smallest absolute Gasteiger partial charge is 0.242 e. The third-order valence-corrected chi connectivity index (χ3v) is 5.26. The monoisotopic (exact) mass is 407 g/mol. The molecule has 0 aliphatic carbocycles. The van der Waals surface area contributed by atoms with Gasteiger partial charge in [0.2, 0.25) is 11.8 Å². The van der Waals surface area contributed by atoms with Gasteiger partial charge in [0.1, 0.15) is 5.02 Å². The molecule has 1 aliphatic heterocycles. The Bertz CT molecular complexity index is 806. The summed E-state index contributed by atoms with van der Waals surface area (Å²) in [6.07, 6.45) is 4.75. The Labute approximate surface area is 169 Å². The second-order valence-corrected chi connectivity index (χ2v) is 7.67. The molecule has 1 aliphatic rings. The minimum atomic E-state index is 0.0900. The van der Waals surface area contributed by atoms with Crippen molar-refractivity contribution in [2.24, 2.45) is 0 Å². The average molecular weight is 408 g/mol. The molecular weight excluding hydrogens is 385 g/mol. The summed E-state index contributed by atoms with van der Waals surface area (Å²) < 4.78 is 5.83. The zero-order chi connectivity index (χ0) is 19.4. The van der Waals surface area contributed by atoms with Gasteiger partial charge in [0.25, 0.3) is 0 Å². The van der Waals surface area contributed by atoms with E-state index in [0.29, 0.717) is 21.5 Å². The van der Waals surface area contributed by atoms with Gasteiger partial charge in [-0.2, -0.15) is 0 Å². The van der Waals surface area contributed by atoms with E-state index in [-0.39, 0.29) is 30.4 Å². The van der Waals surface area contributed by atoms with Crippen LogP contribution in [0.4, 0.5) is 5.69 Å². The largest absolute Gasteiger partial charge is 0.435 e. The maximum Gasteiger partial charge on any atom is 0.242 e.